The smallest absolute Gasteiger partial charge is 0.408 e. The zero-order valence-electron chi connectivity index (χ0n) is 16.1. The third-order valence-corrected chi connectivity index (χ3v) is 5.26. The maximum absolute atomic E-state index is 12.4. The molecule has 1 aromatic heterocycles. The van der Waals surface area contributed by atoms with Gasteiger partial charge >= 0.3 is 12.1 Å². The number of nitrogens with zero attached hydrogens (tertiary/aromatic N) is 2. The summed E-state index contributed by atoms with van der Waals surface area (Å²) in [7, 11) is 0. The maximum Gasteiger partial charge on any atom is 0.573 e. The van der Waals surface area contributed by atoms with Crippen LogP contribution in [0.5, 0.6) is 5.75 Å². The van der Waals surface area contributed by atoms with Crippen LogP contribution in [0.3, 0.4) is 0 Å². The molecule has 1 amide bonds. The van der Waals surface area contributed by atoms with Gasteiger partial charge in [0.25, 0.3) is 0 Å². The monoisotopic (exact) mass is 420 g/mol. The Morgan fingerprint density at radius 3 is 2.50 bits per heavy atom. The molecule has 1 aliphatic heterocycles. The number of fused-ring (bicyclic) bond motifs is 1. The van der Waals surface area contributed by atoms with E-state index in [0.717, 1.165) is 12.0 Å². The number of halogens is 3. The van der Waals surface area contributed by atoms with Crippen LogP contribution in [0.2, 0.25) is 0 Å². The van der Waals surface area contributed by atoms with E-state index in [1.807, 2.05) is 0 Å². The Kier molecular flexibility index (Phi) is 5.05. The zero-order chi connectivity index (χ0) is 21.5. The van der Waals surface area contributed by atoms with Crippen molar-refractivity contribution in [3.63, 3.8) is 0 Å². The average molecular weight is 420 g/mol. The molecule has 0 aliphatic carbocycles. The highest BCUT2D eigenvalue weighted by Gasteiger charge is 2.31. The molecule has 4 rings (SSSR count). The molecule has 6 nitrogen and oxygen atoms in total. The van der Waals surface area contributed by atoms with Crippen molar-refractivity contribution in [2.24, 2.45) is 5.92 Å². The number of amides is 1. The van der Waals surface area contributed by atoms with Gasteiger partial charge in [-0.15, -0.1) is 13.2 Å². The summed E-state index contributed by atoms with van der Waals surface area (Å²) < 4.78 is 47.8. The third-order valence-electron chi connectivity index (χ3n) is 5.26. The average Bonchev–Trinajstić information content (AvgIpc) is 3.26. The van der Waals surface area contributed by atoms with Crippen molar-refractivity contribution in [3.8, 4) is 16.9 Å². The second-order valence-corrected chi connectivity index (χ2v) is 7.35. The van der Waals surface area contributed by atoms with E-state index in [9.17, 15) is 22.8 Å². The summed E-state index contributed by atoms with van der Waals surface area (Å²) in [6.07, 6.45) is -3.94. The van der Waals surface area contributed by atoms with Gasteiger partial charge in [-0.25, -0.2) is 4.79 Å². The van der Waals surface area contributed by atoms with Gasteiger partial charge < -0.3 is 14.1 Å². The molecule has 2 aromatic carbocycles. The molecule has 0 saturated carbocycles. The number of aromatic nitrogens is 1. The van der Waals surface area contributed by atoms with E-state index < -0.39 is 12.1 Å². The molecular weight excluding hydrogens is 401 g/mol. The van der Waals surface area contributed by atoms with Gasteiger partial charge in [-0.1, -0.05) is 18.2 Å². The van der Waals surface area contributed by atoms with Gasteiger partial charge in [0.1, 0.15) is 5.75 Å². The minimum Gasteiger partial charge on any atom is -0.408 e. The van der Waals surface area contributed by atoms with E-state index in [1.165, 1.54) is 31.2 Å². The molecule has 0 spiro atoms. The summed E-state index contributed by atoms with van der Waals surface area (Å²) >= 11 is 0. The van der Waals surface area contributed by atoms with E-state index in [0.29, 0.717) is 36.3 Å². The summed E-state index contributed by atoms with van der Waals surface area (Å²) in [6.45, 7) is 3.22. The number of rotatable bonds is 4. The molecule has 0 radical (unpaired) electrons. The van der Waals surface area contributed by atoms with Crippen molar-refractivity contribution >= 4 is 17.0 Å². The number of likely N-dealkylation sites (tertiary alicyclic amines) is 1. The number of carbonyl (C=O) groups excluding carboxylic acids is 1. The predicted octanol–water partition coefficient (Wildman–Crippen LogP) is 4.03. The first kappa shape index (κ1) is 20.1. The predicted molar refractivity (Wildman–Crippen MR) is 103 cm³/mol. The van der Waals surface area contributed by atoms with Gasteiger partial charge in [-0.05, 0) is 47.7 Å². The van der Waals surface area contributed by atoms with E-state index >= 15 is 0 Å². The lowest BCUT2D eigenvalue weighted by Gasteiger charge is -2.14. The van der Waals surface area contributed by atoms with Crippen molar-refractivity contribution in [2.75, 3.05) is 13.1 Å². The lowest BCUT2D eigenvalue weighted by atomic mass is 10.0. The summed E-state index contributed by atoms with van der Waals surface area (Å²) in [6, 6.07) is 10.7. The van der Waals surface area contributed by atoms with Crippen LogP contribution >= 0.6 is 0 Å². The molecule has 1 atom stereocenters. The summed E-state index contributed by atoms with van der Waals surface area (Å²) in [5.74, 6) is -0.613. The minimum atomic E-state index is -4.74. The standard InChI is InChI=1S/C21H19F3N2O4/c1-13(27)25-9-8-14(11-25)12-26-18-10-16(4-7-19(18)29-20(26)28)15-2-5-17(6-3-15)30-21(22,23)24/h2-7,10,14H,8-9,11-12H2,1H3/t14-/m0/s1. The SMILES string of the molecule is CC(=O)N1CC[C@H](Cn2c(=O)oc3ccc(-c4ccc(OC(F)(F)F)cc4)cc32)C1. The zero-order valence-corrected chi connectivity index (χ0v) is 16.1. The van der Waals surface area contributed by atoms with Gasteiger partial charge in [-0.3, -0.25) is 9.36 Å². The Hall–Kier alpha value is -3.23. The van der Waals surface area contributed by atoms with Crippen molar-refractivity contribution < 1.29 is 27.1 Å². The Balaban J connectivity index is 1.60. The van der Waals surface area contributed by atoms with Crippen LogP contribution < -0.4 is 10.5 Å². The van der Waals surface area contributed by atoms with Crippen LogP contribution in [-0.2, 0) is 11.3 Å². The van der Waals surface area contributed by atoms with Crippen LogP contribution in [0.15, 0.2) is 51.7 Å². The number of benzene rings is 2. The molecule has 1 aliphatic rings. The topological polar surface area (TPSA) is 64.7 Å². The summed E-state index contributed by atoms with van der Waals surface area (Å²) in [4.78, 5) is 25.7. The van der Waals surface area contributed by atoms with Crippen LogP contribution in [0.25, 0.3) is 22.2 Å². The van der Waals surface area contributed by atoms with Crippen molar-refractivity contribution in [3.05, 3.63) is 53.0 Å². The Bertz CT molecular complexity index is 1130. The fraction of sp³-hybridized carbons (Fsp3) is 0.333. The van der Waals surface area contributed by atoms with E-state index in [-0.39, 0.29) is 17.6 Å². The maximum atomic E-state index is 12.4. The number of hydrogen-bond donors (Lipinski definition) is 0. The van der Waals surface area contributed by atoms with Crippen molar-refractivity contribution in [1.82, 2.24) is 9.47 Å². The van der Waals surface area contributed by atoms with E-state index in [4.69, 9.17) is 4.42 Å². The second kappa shape index (κ2) is 7.55. The Morgan fingerprint density at radius 1 is 1.17 bits per heavy atom. The Morgan fingerprint density at radius 2 is 1.87 bits per heavy atom. The first-order valence-corrected chi connectivity index (χ1v) is 9.45. The molecular formula is C21H19F3N2O4. The molecule has 0 unspecified atom stereocenters. The first-order valence-electron chi connectivity index (χ1n) is 9.45. The number of alkyl halides is 3. The summed E-state index contributed by atoms with van der Waals surface area (Å²) in [5.41, 5.74) is 2.44. The molecule has 2 heterocycles. The van der Waals surface area contributed by atoms with Gasteiger partial charge in [0.15, 0.2) is 5.58 Å². The Labute approximate surface area is 169 Å². The highest BCUT2D eigenvalue weighted by molar-refractivity contribution is 5.80. The normalized spacial score (nSPS) is 16.9. The lowest BCUT2D eigenvalue weighted by molar-refractivity contribution is -0.274. The van der Waals surface area contributed by atoms with Crippen LogP contribution in [-0.4, -0.2) is 34.8 Å². The first-order chi connectivity index (χ1) is 14.2. The van der Waals surface area contributed by atoms with Crippen LogP contribution in [0, 0.1) is 5.92 Å². The van der Waals surface area contributed by atoms with Crippen LogP contribution in [0.1, 0.15) is 13.3 Å². The van der Waals surface area contributed by atoms with Crippen molar-refractivity contribution in [2.45, 2.75) is 26.3 Å². The minimum absolute atomic E-state index is 0.0159. The molecule has 158 valence electrons. The van der Waals surface area contributed by atoms with E-state index in [1.54, 1.807) is 27.7 Å². The fourth-order valence-corrected chi connectivity index (χ4v) is 3.79. The highest BCUT2D eigenvalue weighted by Crippen LogP contribution is 2.29. The number of oxazole rings is 1. The van der Waals surface area contributed by atoms with Gasteiger partial charge in [0.2, 0.25) is 5.91 Å². The largest absolute Gasteiger partial charge is 0.573 e. The van der Waals surface area contributed by atoms with E-state index in [2.05, 4.69) is 4.74 Å². The lowest BCUT2D eigenvalue weighted by Crippen LogP contribution is -2.27. The molecule has 0 N–H and O–H groups in total. The van der Waals surface area contributed by atoms with Crippen LogP contribution in [0.4, 0.5) is 13.2 Å². The molecule has 0 bridgehead atoms. The fourth-order valence-electron chi connectivity index (χ4n) is 3.79. The van der Waals surface area contributed by atoms with Gasteiger partial charge in [0.05, 0.1) is 5.52 Å². The quantitative estimate of drug-likeness (QED) is 0.639. The molecule has 3 aromatic rings. The van der Waals surface area contributed by atoms with Gasteiger partial charge in [-0.2, -0.15) is 0 Å². The van der Waals surface area contributed by atoms with Gasteiger partial charge in [0, 0.05) is 26.6 Å². The number of carbonyl (C=O) groups is 1. The molecule has 30 heavy (non-hydrogen) atoms. The molecule has 1 saturated heterocycles. The number of hydrogen-bond acceptors (Lipinski definition) is 4. The summed E-state index contributed by atoms with van der Waals surface area (Å²) in [5, 5.41) is 0. The second-order valence-electron chi connectivity index (χ2n) is 7.35. The molecule has 1 fully saturated rings. The third kappa shape index (κ3) is 4.19. The molecule has 9 heteroatoms. The highest BCUT2D eigenvalue weighted by atomic mass is 19.4. The van der Waals surface area contributed by atoms with Crippen molar-refractivity contribution in [1.29, 1.82) is 0 Å². The number of ether oxygens (including phenoxy) is 1.